The summed E-state index contributed by atoms with van der Waals surface area (Å²) in [5.74, 6) is 0. The molecule has 0 N–H and O–H groups in total. The molecule has 3 heteroatoms. The Kier molecular flexibility index (Phi) is 5.42. The third-order valence-corrected chi connectivity index (χ3v) is 2.30. The number of aromatic nitrogens is 1. The Hall–Kier alpha value is -1.40. The molecule has 0 aliphatic rings. The summed E-state index contributed by atoms with van der Waals surface area (Å²) in [5, 5.41) is 8.66. The van der Waals surface area contributed by atoms with Crippen molar-refractivity contribution in [1.82, 2.24) is 9.88 Å². The zero-order valence-electron chi connectivity index (χ0n) is 9.19. The predicted molar refractivity (Wildman–Crippen MR) is 60.3 cm³/mol. The summed E-state index contributed by atoms with van der Waals surface area (Å²) in [6.45, 7) is 4.61. The first kappa shape index (κ1) is 11.7. The molecule has 0 aromatic carbocycles. The molecule has 0 aliphatic carbocycles. The Morgan fingerprint density at radius 3 is 2.67 bits per heavy atom. The second-order valence-electron chi connectivity index (χ2n) is 3.54. The molecule has 0 amide bonds. The zero-order valence-corrected chi connectivity index (χ0v) is 9.19. The molecule has 0 fully saturated rings. The minimum Gasteiger partial charge on any atom is -0.290 e. The van der Waals surface area contributed by atoms with E-state index in [2.05, 4.69) is 22.9 Å². The van der Waals surface area contributed by atoms with Crippen LogP contribution in [0, 0.1) is 11.3 Å². The van der Waals surface area contributed by atoms with Crippen LogP contribution in [-0.2, 0) is 6.42 Å². The number of pyridine rings is 1. The van der Waals surface area contributed by atoms with Gasteiger partial charge in [0.05, 0.1) is 12.6 Å². The molecular weight excluding hydrogens is 186 g/mol. The van der Waals surface area contributed by atoms with E-state index in [1.807, 2.05) is 24.5 Å². The molecule has 0 unspecified atom stereocenters. The van der Waals surface area contributed by atoms with Crippen LogP contribution >= 0.6 is 0 Å². The second-order valence-corrected chi connectivity index (χ2v) is 3.54. The van der Waals surface area contributed by atoms with Gasteiger partial charge in [0.25, 0.3) is 0 Å². The smallest absolute Gasteiger partial charge is 0.0866 e. The van der Waals surface area contributed by atoms with E-state index in [-0.39, 0.29) is 0 Å². The maximum atomic E-state index is 8.66. The molecule has 0 aliphatic heterocycles. The van der Waals surface area contributed by atoms with Crippen LogP contribution in [0.4, 0.5) is 0 Å². The third-order valence-electron chi connectivity index (χ3n) is 2.30. The van der Waals surface area contributed by atoms with Gasteiger partial charge in [-0.3, -0.25) is 9.88 Å². The summed E-state index contributed by atoms with van der Waals surface area (Å²) >= 11 is 0. The third kappa shape index (κ3) is 4.57. The van der Waals surface area contributed by atoms with Crippen molar-refractivity contribution in [1.29, 1.82) is 5.26 Å². The fourth-order valence-corrected chi connectivity index (χ4v) is 1.52. The van der Waals surface area contributed by atoms with Crippen molar-refractivity contribution in [3.05, 3.63) is 30.1 Å². The Labute approximate surface area is 91.4 Å². The van der Waals surface area contributed by atoms with E-state index in [4.69, 9.17) is 5.26 Å². The first-order valence-electron chi connectivity index (χ1n) is 5.35. The molecule has 1 heterocycles. The van der Waals surface area contributed by atoms with E-state index >= 15 is 0 Å². The van der Waals surface area contributed by atoms with Crippen LogP contribution < -0.4 is 0 Å². The molecule has 3 nitrogen and oxygen atoms in total. The van der Waals surface area contributed by atoms with E-state index in [0.29, 0.717) is 6.54 Å². The summed E-state index contributed by atoms with van der Waals surface area (Å²) in [7, 11) is 0. The molecule has 80 valence electrons. The topological polar surface area (TPSA) is 39.9 Å². The average molecular weight is 203 g/mol. The highest BCUT2D eigenvalue weighted by Gasteiger charge is 2.02. The van der Waals surface area contributed by atoms with Gasteiger partial charge in [-0.15, -0.1) is 0 Å². The van der Waals surface area contributed by atoms with Gasteiger partial charge in [-0.1, -0.05) is 6.92 Å². The van der Waals surface area contributed by atoms with Crippen LogP contribution in [0.25, 0.3) is 0 Å². The van der Waals surface area contributed by atoms with Gasteiger partial charge in [0, 0.05) is 18.9 Å². The maximum Gasteiger partial charge on any atom is 0.0866 e. The Morgan fingerprint density at radius 2 is 2.07 bits per heavy atom. The minimum absolute atomic E-state index is 0.527. The van der Waals surface area contributed by atoms with Crippen molar-refractivity contribution in [3.63, 3.8) is 0 Å². The highest BCUT2D eigenvalue weighted by atomic mass is 15.1. The highest BCUT2D eigenvalue weighted by Crippen LogP contribution is 2.00. The SMILES string of the molecule is CCCN(CC#N)CCc1ccncc1. The lowest BCUT2D eigenvalue weighted by Crippen LogP contribution is -2.27. The molecule has 0 atom stereocenters. The van der Waals surface area contributed by atoms with Crippen LogP contribution in [-0.4, -0.2) is 29.5 Å². The number of nitrogens with zero attached hydrogens (tertiary/aromatic N) is 3. The molecular formula is C12H17N3. The van der Waals surface area contributed by atoms with Crippen LogP contribution in [0.2, 0.25) is 0 Å². The second kappa shape index (κ2) is 6.97. The van der Waals surface area contributed by atoms with E-state index < -0.39 is 0 Å². The average Bonchev–Trinajstić information content (AvgIpc) is 2.28. The van der Waals surface area contributed by atoms with Crippen molar-refractivity contribution in [2.24, 2.45) is 0 Å². The largest absolute Gasteiger partial charge is 0.290 e. The molecule has 0 bridgehead atoms. The van der Waals surface area contributed by atoms with Crippen molar-refractivity contribution >= 4 is 0 Å². The van der Waals surface area contributed by atoms with Crippen molar-refractivity contribution in [2.45, 2.75) is 19.8 Å². The van der Waals surface area contributed by atoms with E-state index in [1.54, 1.807) is 0 Å². The first-order valence-corrected chi connectivity index (χ1v) is 5.35. The van der Waals surface area contributed by atoms with Crippen molar-refractivity contribution in [3.8, 4) is 6.07 Å². The predicted octanol–water partition coefficient (Wildman–Crippen LogP) is 1.86. The fraction of sp³-hybridized carbons (Fsp3) is 0.500. The molecule has 0 saturated carbocycles. The van der Waals surface area contributed by atoms with Gasteiger partial charge in [-0.05, 0) is 37.1 Å². The standard InChI is InChI=1S/C12H17N3/c1-2-9-15(11-6-13)10-5-12-3-7-14-8-4-12/h3-4,7-8H,2,5,9-11H2,1H3. The number of hydrogen-bond acceptors (Lipinski definition) is 3. The van der Waals surface area contributed by atoms with E-state index in [1.165, 1.54) is 5.56 Å². The Morgan fingerprint density at radius 1 is 1.33 bits per heavy atom. The summed E-state index contributed by atoms with van der Waals surface area (Å²) in [6, 6.07) is 6.25. The van der Waals surface area contributed by atoms with Crippen LogP contribution in [0.1, 0.15) is 18.9 Å². The lowest BCUT2D eigenvalue weighted by Gasteiger charge is -2.17. The van der Waals surface area contributed by atoms with Crippen LogP contribution in [0.3, 0.4) is 0 Å². The lowest BCUT2D eigenvalue weighted by molar-refractivity contribution is 0.310. The monoisotopic (exact) mass is 203 g/mol. The molecule has 1 rings (SSSR count). The summed E-state index contributed by atoms with van der Waals surface area (Å²) in [4.78, 5) is 6.16. The minimum atomic E-state index is 0.527. The lowest BCUT2D eigenvalue weighted by atomic mass is 10.2. The normalized spacial score (nSPS) is 10.2. The molecule has 0 radical (unpaired) electrons. The highest BCUT2D eigenvalue weighted by molar-refractivity contribution is 5.09. The number of nitriles is 1. The van der Waals surface area contributed by atoms with Crippen LogP contribution in [0.5, 0.6) is 0 Å². The molecule has 0 saturated heterocycles. The number of rotatable bonds is 6. The van der Waals surface area contributed by atoms with Gasteiger partial charge in [-0.2, -0.15) is 5.26 Å². The molecule has 1 aromatic rings. The van der Waals surface area contributed by atoms with Gasteiger partial charge in [0.1, 0.15) is 0 Å². The maximum absolute atomic E-state index is 8.66. The first-order chi connectivity index (χ1) is 7.36. The van der Waals surface area contributed by atoms with E-state index in [9.17, 15) is 0 Å². The molecule has 1 aromatic heterocycles. The zero-order chi connectivity index (χ0) is 10.9. The van der Waals surface area contributed by atoms with E-state index in [0.717, 1.165) is 25.9 Å². The van der Waals surface area contributed by atoms with Crippen molar-refractivity contribution in [2.75, 3.05) is 19.6 Å². The molecule has 15 heavy (non-hydrogen) atoms. The van der Waals surface area contributed by atoms with Crippen LogP contribution in [0.15, 0.2) is 24.5 Å². The van der Waals surface area contributed by atoms with Crippen molar-refractivity contribution < 1.29 is 0 Å². The van der Waals surface area contributed by atoms with Gasteiger partial charge in [-0.25, -0.2) is 0 Å². The summed E-state index contributed by atoms with van der Waals surface area (Å²) < 4.78 is 0. The Balaban J connectivity index is 2.37. The molecule has 0 spiro atoms. The van der Waals surface area contributed by atoms with Gasteiger partial charge >= 0.3 is 0 Å². The van der Waals surface area contributed by atoms with Gasteiger partial charge < -0.3 is 0 Å². The van der Waals surface area contributed by atoms with Gasteiger partial charge in [0.2, 0.25) is 0 Å². The summed E-state index contributed by atoms with van der Waals surface area (Å²) in [6.07, 6.45) is 5.70. The Bertz CT molecular complexity index is 302. The summed E-state index contributed by atoms with van der Waals surface area (Å²) in [5.41, 5.74) is 1.28. The number of hydrogen-bond donors (Lipinski definition) is 0. The quantitative estimate of drug-likeness (QED) is 0.662. The fourth-order valence-electron chi connectivity index (χ4n) is 1.52. The van der Waals surface area contributed by atoms with Gasteiger partial charge in [0.15, 0.2) is 0 Å².